The summed E-state index contributed by atoms with van der Waals surface area (Å²) < 4.78 is 158. The molecular formula is C54H26F10N2. The molecule has 0 amide bonds. The zero-order chi connectivity index (χ0) is 45.7. The van der Waals surface area contributed by atoms with Crippen LogP contribution in [0.5, 0.6) is 0 Å². The van der Waals surface area contributed by atoms with Crippen molar-refractivity contribution >= 4 is 43.4 Å². The van der Waals surface area contributed by atoms with Crippen molar-refractivity contribution in [3.63, 3.8) is 0 Å². The molecule has 0 aliphatic carbocycles. The highest BCUT2D eigenvalue weighted by atomic mass is 19.2. The Kier molecular flexibility index (Phi) is 9.40. The minimum Gasteiger partial charge on any atom is -0.303 e. The molecule has 0 aliphatic rings. The fourth-order valence-corrected chi connectivity index (χ4v) is 9.34. The summed E-state index contributed by atoms with van der Waals surface area (Å²) in [6.07, 6.45) is 0. The second kappa shape index (κ2) is 15.3. The third kappa shape index (κ3) is 5.76. The van der Waals surface area contributed by atoms with Crippen molar-refractivity contribution in [2.45, 2.75) is 0 Å². The molecule has 322 valence electrons. The van der Waals surface area contributed by atoms with Crippen molar-refractivity contribution in [1.29, 1.82) is 0 Å². The SMILES string of the molecule is Fc1c(F)c(F)c(-n2c(-c3ccccc3)c(-c3ccccc3)c3ccc4c5ccc6c(-c7ccccc7)c(-c7ccccc7)n(-c7c(F)c(F)c(F)c(F)c7F)c6c5ccc4c32)c(F)c1F. The quantitative estimate of drug-likeness (QED) is 0.0681. The van der Waals surface area contributed by atoms with Crippen molar-refractivity contribution in [1.82, 2.24) is 9.13 Å². The lowest BCUT2D eigenvalue weighted by atomic mass is 9.94. The number of fused-ring (bicyclic) bond motifs is 7. The molecule has 0 unspecified atom stereocenters. The second-order valence-corrected chi connectivity index (χ2v) is 15.6. The summed E-state index contributed by atoms with van der Waals surface area (Å²) in [6.45, 7) is 0. The van der Waals surface area contributed by atoms with Crippen LogP contribution in [0, 0.1) is 58.2 Å². The van der Waals surface area contributed by atoms with Crippen LogP contribution in [-0.4, -0.2) is 9.13 Å². The van der Waals surface area contributed by atoms with Gasteiger partial charge in [0.1, 0.15) is 11.4 Å². The molecule has 0 saturated heterocycles. The van der Waals surface area contributed by atoms with E-state index in [1.54, 1.807) is 146 Å². The first-order chi connectivity index (χ1) is 32.0. The summed E-state index contributed by atoms with van der Waals surface area (Å²) in [7, 11) is 0. The molecule has 66 heavy (non-hydrogen) atoms. The van der Waals surface area contributed by atoms with Crippen LogP contribution in [0.4, 0.5) is 43.9 Å². The van der Waals surface area contributed by atoms with Crippen molar-refractivity contribution in [2.75, 3.05) is 0 Å². The minimum atomic E-state index is -2.34. The Balaban J connectivity index is 1.36. The van der Waals surface area contributed by atoms with Crippen LogP contribution < -0.4 is 0 Å². The number of benzene rings is 9. The monoisotopic (exact) mass is 892 g/mol. The highest BCUT2D eigenvalue weighted by Crippen LogP contribution is 2.50. The van der Waals surface area contributed by atoms with Gasteiger partial charge >= 0.3 is 0 Å². The van der Waals surface area contributed by atoms with Crippen LogP contribution in [-0.2, 0) is 0 Å². The lowest BCUT2D eigenvalue weighted by Crippen LogP contribution is -2.11. The van der Waals surface area contributed by atoms with Crippen LogP contribution in [0.1, 0.15) is 0 Å². The van der Waals surface area contributed by atoms with E-state index in [2.05, 4.69) is 0 Å². The summed E-state index contributed by atoms with van der Waals surface area (Å²) in [5.41, 5.74) is 0.455. The molecule has 0 spiro atoms. The van der Waals surface area contributed by atoms with Gasteiger partial charge < -0.3 is 9.13 Å². The lowest BCUT2D eigenvalue weighted by Gasteiger charge is -2.17. The molecule has 2 nitrogen and oxygen atoms in total. The molecule has 2 aromatic heterocycles. The third-order valence-electron chi connectivity index (χ3n) is 12.1. The third-order valence-corrected chi connectivity index (χ3v) is 12.1. The predicted molar refractivity (Wildman–Crippen MR) is 236 cm³/mol. The smallest absolute Gasteiger partial charge is 0.200 e. The fourth-order valence-electron chi connectivity index (χ4n) is 9.34. The van der Waals surface area contributed by atoms with E-state index in [1.165, 1.54) is 12.1 Å². The fraction of sp³-hybridized carbons (Fsp3) is 0. The number of halogens is 10. The molecule has 12 heteroatoms. The second-order valence-electron chi connectivity index (χ2n) is 15.6. The molecule has 2 heterocycles. The van der Waals surface area contributed by atoms with E-state index in [-0.39, 0.29) is 33.2 Å². The van der Waals surface area contributed by atoms with Crippen LogP contribution in [0.3, 0.4) is 0 Å². The Morgan fingerprint density at radius 2 is 0.470 bits per heavy atom. The topological polar surface area (TPSA) is 9.86 Å². The minimum absolute atomic E-state index is 0.0421. The van der Waals surface area contributed by atoms with Crippen LogP contribution >= 0.6 is 0 Å². The zero-order valence-corrected chi connectivity index (χ0v) is 33.7. The zero-order valence-electron chi connectivity index (χ0n) is 33.7. The normalized spacial score (nSPS) is 11.8. The van der Waals surface area contributed by atoms with Gasteiger partial charge in [-0.3, -0.25) is 0 Å². The summed E-state index contributed by atoms with van der Waals surface area (Å²) in [5.74, 6) is -21.6. The highest BCUT2D eigenvalue weighted by molar-refractivity contribution is 6.26. The van der Waals surface area contributed by atoms with Crippen molar-refractivity contribution in [3.8, 4) is 56.1 Å². The predicted octanol–water partition coefficient (Wildman–Crippen LogP) is 15.9. The molecule has 0 bridgehead atoms. The van der Waals surface area contributed by atoms with E-state index >= 15 is 35.1 Å². The molecule has 9 aromatic carbocycles. The highest BCUT2D eigenvalue weighted by Gasteiger charge is 2.34. The maximum absolute atomic E-state index is 16.3. The first-order valence-corrected chi connectivity index (χ1v) is 20.4. The van der Waals surface area contributed by atoms with Gasteiger partial charge in [0.25, 0.3) is 0 Å². The average Bonchev–Trinajstić information content (AvgIpc) is 3.89. The van der Waals surface area contributed by atoms with Gasteiger partial charge in [-0.2, -0.15) is 0 Å². The van der Waals surface area contributed by atoms with Gasteiger partial charge in [-0.05, 0) is 33.0 Å². The van der Waals surface area contributed by atoms with Crippen LogP contribution in [0.25, 0.3) is 99.5 Å². The van der Waals surface area contributed by atoms with Crippen molar-refractivity contribution < 1.29 is 43.9 Å². The van der Waals surface area contributed by atoms with Crippen LogP contribution in [0.2, 0.25) is 0 Å². The first-order valence-electron chi connectivity index (χ1n) is 20.4. The summed E-state index contributed by atoms with van der Waals surface area (Å²) >= 11 is 0. The van der Waals surface area contributed by atoms with Crippen molar-refractivity contribution in [2.24, 2.45) is 0 Å². The van der Waals surface area contributed by atoms with E-state index in [1.807, 2.05) is 0 Å². The maximum atomic E-state index is 16.3. The lowest BCUT2D eigenvalue weighted by molar-refractivity contribution is 0.376. The molecule has 0 saturated carbocycles. The molecule has 0 N–H and O–H groups in total. The van der Waals surface area contributed by atoms with Gasteiger partial charge in [-0.25, -0.2) is 43.9 Å². The molecule has 0 radical (unpaired) electrons. The largest absolute Gasteiger partial charge is 0.303 e. The standard InChI is InChI=1S/C54H26F10N2/c55-39-41(57)45(61)53(46(62)42(39)58)65-49(29-17-9-3-10-18-29)37(27-13-5-1-6-14-27)35-25-21-31-32-22-26-36-38(28-15-7-2-8-16-28)50(30-19-11-4-12-20-30)66(52(36)34(32)24-23-33(31)51(35)65)54-47(63)43(59)40(56)44(60)48(54)64/h1-26H. The molecule has 11 aromatic rings. The maximum Gasteiger partial charge on any atom is 0.200 e. The molecule has 0 atom stereocenters. The van der Waals surface area contributed by atoms with E-state index in [9.17, 15) is 8.78 Å². The average molecular weight is 893 g/mol. The molecular weight excluding hydrogens is 867 g/mol. The molecule has 0 fully saturated rings. The number of rotatable bonds is 6. The Labute approximate surface area is 367 Å². The summed E-state index contributed by atoms with van der Waals surface area (Å²) in [4.78, 5) is 0. The van der Waals surface area contributed by atoms with Gasteiger partial charge in [0.15, 0.2) is 46.5 Å². The number of nitrogens with zero attached hydrogens (tertiary/aromatic N) is 2. The molecule has 0 aliphatic heterocycles. The Bertz CT molecular complexity index is 3480. The van der Waals surface area contributed by atoms with E-state index < -0.39 is 69.5 Å². The van der Waals surface area contributed by atoms with E-state index in [0.29, 0.717) is 54.9 Å². The van der Waals surface area contributed by atoms with Gasteiger partial charge in [0, 0.05) is 32.7 Å². The van der Waals surface area contributed by atoms with Crippen molar-refractivity contribution in [3.05, 3.63) is 216 Å². The Morgan fingerprint density at radius 1 is 0.227 bits per heavy atom. The summed E-state index contributed by atoms with van der Waals surface area (Å²) in [6, 6.07) is 43.8. The Morgan fingerprint density at radius 3 is 0.773 bits per heavy atom. The first kappa shape index (κ1) is 40.6. The van der Waals surface area contributed by atoms with E-state index in [0.717, 1.165) is 9.13 Å². The van der Waals surface area contributed by atoms with E-state index in [4.69, 9.17) is 0 Å². The summed E-state index contributed by atoms with van der Waals surface area (Å²) in [5, 5.41) is 1.92. The van der Waals surface area contributed by atoms with Crippen LogP contribution in [0.15, 0.2) is 158 Å². The number of hydrogen-bond acceptors (Lipinski definition) is 0. The number of hydrogen-bond donors (Lipinski definition) is 0. The number of aromatic nitrogens is 2. The Hall–Kier alpha value is -8.12. The van der Waals surface area contributed by atoms with Gasteiger partial charge in [0.2, 0.25) is 11.6 Å². The van der Waals surface area contributed by atoms with Gasteiger partial charge in [-0.15, -0.1) is 0 Å². The van der Waals surface area contributed by atoms with Gasteiger partial charge in [-0.1, -0.05) is 158 Å². The van der Waals surface area contributed by atoms with Gasteiger partial charge in [0.05, 0.1) is 22.4 Å². The molecule has 11 rings (SSSR count).